The van der Waals surface area contributed by atoms with E-state index in [1.165, 1.54) is 6.42 Å². The maximum absolute atomic E-state index is 5.92. The predicted octanol–water partition coefficient (Wildman–Crippen LogP) is 1.44. The number of guanidine groups is 1. The minimum atomic E-state index is 0.477. The smallest absolute Gasteiger partial charge is 0.188 e. The van der Waals surface area contributed by atoms with E-state index in [1.807, 2.05) is 0 Å². The van der Waals surface area contributed by atoms with Crippen LogP contribution in [0.3, 0.4) is 0 Å². The summed E-state index contributed by atoms with van der Waals surface area (Å²) in [6.45, 7) is 12.1. The van der Waals surface area contributed by atoms with Crippen LogP contribution in [0.15, 0.2) is 4.99 Å². The average molecular weight is 284 g/mol. The van der Waals surface area contributed by atoms with Crippen LogP contribution in [0.4, 0.5) is 0 Å². The summed E-state index contributed by atoms with van der Waals surface area (Å²) in [5, 5.41) is 3.18. The first-order chi connectivity index (χ1) is 9.63. The first kappa shape index (κ1) is 17.2. The zero-order valence-corrected chi connectivity index (χ0v) is 13.4. The van der Waals surface area contributed by atoms with E-state index < -0.39 is 0 Å². The van der Waals surface area contributed by atoms with Crippen LogP contribution in [0.25, 0.3) is 0 Å². The number of nitrogens with one attached hydrogen (secondary N) is 1. The fourth-order valence-electron chi connectivity index (χ4n) is 2.48. The lowest BCUT2D eigenvalue weighted by molar-refractivity contribution is 0.0143. The second-order valence-electron chi connectivity index (χ2n) is 5.94. The Labute approximate surface area is 124 Å². The number of nitrogens with zero attached hydrogens (tertiary/aromatic N) is 2. The van der Waals surface area contributed by atoms with Gasteiger partial charge in [-0.2, -0.15) is 0 Å². The molecule has 1 aliphatic heterocycles. The molecular formula is C15H32N4O. The van der Waals surface area contributed by atoms with Gasteiger partial charge in [0, 0.05) is 25.7 Å². The molecule has 1 saturated heterocycles. The van der Waals surface area contributed by atoms with Gasteiger partial charge in [0.15, 0.2) is 5.96 Å². The SMILES string of the molecule is CCCCNC(N)=NCC(CC(C)C)N1CCOCC1. The molecule has 0 bridgehead atoms. The number of nitrogens with two attached hydrogens (primary N) is 1. The number of hydrogen-bond acceptors (Lipinski definition) is 3. The zero-order valence-electron chi connectivity index (χ0n) is 13.4. The Balaban J connectivity index is 2.44. The van der Waals surface area contributed by atoms with E-state index in [-0.39, 0.29) is 0 Å². The molecule has 0 aromatic heterocycles. The van der Waals surface area contributed by atoms with Gasteiger partial charge in [0.2, 0.25) is 0 Å². The second-order valence-corrected chi connectivity index (χ2v) is 5.94. The molecule has 0 spiro atoms. The van der Waals surface area contributed by atoms with Crippen molar-refractivity contribution in [1.82, 2.24) is 10.2 Å². The van der Waals surface area contributed by atoms with E-state index in [9.17, 15) is 0 Å². The van der Waals surface area contributed by atoms with Gasteiger partial charge in [-0.25, -0.2) is 0 Å². The van der Waals surface area contributed by atoms with Crippen LogP contribution in [-0.2, 0) is 4.74 Å². The first-order valence-electron chi connectivity index (χ1n) is 7.99. The average Bonchev–Trinajstić information content (AvgIpc) is 2.44. The van der Waals surface area contributed by atoms with Crippen molar-refractivity contribution in [2.75, 3.05) is 39.4 Å². The Morgan fingerprint density at radius 1 is 1.35 bits per heavy atom. The molecule has 1 unspecified atom stereocenters. The van der Waals surface area contributed by atoms with Crippen molar-refractivity contribution in [3.63, 3.8) is 0 Å². The topological polar surface area (TPSA) is 62.9 Å². The largest absolute Gasteiger partial charge is 0.379 e. The molecule has 5 heteroatoms. The van der Waals surface area contributed by atoms with Gasteiger partial charge in [0.05, 0.1) is 19.8 Å². The number of unbranched alkanes of at least 4 members (excludes halogenated alkanes) is 1. The van der Waals surface area contributed by atoms with E-state index in [4.69, 9.17) is 10.5 Å². The molecule has 1 rings (SSSR count). The van der Waals surface area contributed by atoms with Crippen molar-refractivity contribution in [2.45, 2.75) is 46.1 Å². The number of aliphatic imine (C=N–C) groups is 1. The molecular weight excluding hydrogens is 252 g/mol. The summed E-state index contributed by atoms with van der Waals surface area (Å²) in [5.74, 6) is 1.26. The summed E-state index contributed by atoms with van der Waals surface area (Å²) in [4.78, 5) is 7.02. The van der Waals surface area contributed by atoms with Crippen LogP contribution in [-0.4, -0.2) is 56.3 Å². The highest BCUT2D eigenvalue weighted by molar-refractivity contribution is 5.77. The van der Waals surface area contributed by atoms with Crippen LogP contribution >= 0.6 is 0 Å². The van der Waals surface area contributed by atoms with Gasteiger partial charge in [0.25, 0.3) is 0 Å². The van der Waals surface area contributed by atoms with Gasteiger partial charge in [-0.15, -0.1) is 0 Å². The van der Waals surface area contributed by atoms with Gasteiger partial charge < -0.3 is 15.8 Å². The molecule has 1 atom stereocenters. The summed E-state index contributed by atoms with van der Waals surface area (Å²) < 4.78 is 5.43. The molecule has 0 amide bonds. The third-order valence-electron chi connectivity index (χ3n) is 3.61. The number of morpholine rings is 1. The monoisotopic (exact) mass is 284 g/mol. The van der Waals surface area contributed by atoms with Gasteiger partial charge in [0.1, 0.15) is 0 Å². The molecule has 0 aromatic rings. The molecule has 1 fully saturated rings. The van der Waals surface area contributed by atoms with Crippen molar-refractivity contribution < 1.29 is 4.74 Å². The third-order valence-corrected chi connectivity index (χ3v) is 3.61. The van der Waals surface area contributed by atoms with Crippen LogP contribution in [0, 0.1) is 5.92 Å². The summed E-state index contributed by atoms with van der Waals surface area (Å²) >= 11 is 0. The molecule has 0 aromatic carbocycles. The molecule has 1 aliphatic rings. The lowest BCUT2D eigenvalue weighted by atomic mass is 10.0. The maximum atomic E-state index is 5.92. The number of hydrogen-bond donors (Lipinski definition) is 2. The highest BCUT2D eigenvalue weighted by Gasteiger charge is 2.21. The van der Waals surface area contributed by atoms with Crippen molar-refractivity contribution in [3.8, 4) is 0 Å². The molecule has 1 heterocycles. The highest BCUT2D eigenvalue weighted by Crippen LogP contribution is 2.13. The Morgan fingerprint density at radius 3 is 2.65 bits per heavy atom. The molecule has 0 saturated carbocycles. The van der Waals surface area contributed by atoms with Crippen LogP contribution < -0.4 is 11.1 Å². The number of rotatable bonds is 8. The maximum Gasteiger partial charge on any atom is 0.188 e. The van der Waals surface area contributed by atoms with Crippen molar-refractivity contribution in [3.05, 3.63) is 0 Å². The highest BCUT2D eigenvalue weighted by atomic mass is 16.5. The van der Waals surface area contributed by atoms with E-state index >= 15 is 0 Å². The van der Waals surface area contributed by atoms with Crippen molar-refractivity contribution in [2.24, 2.45) is 16.6 Å². The van der Waals surface area contributed by atoms with Crippen LogP contribution in [0.2, 0.25) is 0 Å². The van der Waals surface area contributed by atoms with Gasteiger partial charge in [-0.1, -0.05) is 27.2 Å². The Hall–Kier alpha value is -0.810. The zero-order chi connectivity index (χ0) is 14.8. The fourth-order valence-corrected chi connectivity index (χ4v) is 2.48. The Bertz CT molecular complexity index is 275. The Morgan fingerprint density at radius 2 is 2.05 bits per heavy atom. The second kappa shape index (κ2) is 10.00. The van der Waals surface area contributed by atoms with Crippen LogP contribution in [0.1, 0.15) is 40.0 Å². The van der Waals surface area contributed by atoms with E-state index in [0.717, 1.165) is 52.2 Å². The molecule has 118 valence electrons. The lowest BCUT2D eigenvalue weighted by Gasteiger charge is -2.34. The minimum absolute atomic E-state index is 0.477. The van der Waals surface area contributed by atoms with E-state index in [2.05, 4.69) is 36.0 Å². The normalized spacial score (nSPS) is 19.3. The fraction of sp³-hybridized carbons (Fsp3) is 0.933. The molecule has 20 heavy (non-hydrogen) atoms. The summed E-state index contributed by atoms with van der Waals surface area (Å²) in [7, 11) is 0. The van der Waals surface area contributed by atoms with Crippen molar-refractivity contribution >= 4 is 5.96 Å². The third kappa shape index (κ3) is 7.10. The predicted molar refractivity (Wildman–Crippen MR) is 85.0 cm³/mol. The van der Waals surface area contributed by atoms with E-state index in [1.54, 1.807) is 0 Å². The van der Waals surface area contributed by atoms with Gasteiger partial charge in [-0.3, -0.25) is 9.89 Å². The molecule has 0 radical (unpaired) electrons. The summed E-state index contributed by atoms with van der Waals surface area (Å²) in [6, 6.07) is 0.477. The molecule has 5 nitrogen and oxygen atoms in total. The van der Waals surface area contributed by atoms with E-state index in [0.29, 0.717) is 17.9 Å². The quantitative estimate of drug-likeness (QED) is 0.402. The standard InChI is InChI=1S/C15H32N4O/c1-4-5-6-17-15(16)18-12-14(11-13(2)3)19-7-9-20-10-8-19/h13-14H,4-12H2,1-3H3,(H3,16,17,18). The van der Waals surface area contributed by atoms with Gasteiger partial charge >= 0.3 is 0 Å². The summed E-state index contributed by atoms with van der Waals surface area (Å²) in [6.07, 6.45) is 3.46. The number of ether oxygens (including phenoxy) is 1. The Kier molecular flexibility index (Phi) is 8.62. The van der Waals surface area contributed by atoms with Crippen molar-refractivity contribution in [1.29, 1.82) is 0 Å². The van der Waals surface area contributed by atoms with Gasteiger partial charge in [-0.05, 0) is 18.8 Å². The lowest BCUT2D eigenvalue weighted by Crippen LogP contribution is -2.46. The summed E-state index contributed by atoms with van der Waals surface area (Å²) in [5.41, 5.74) is 5.92. The molecule has 3 N–H and O–H groups in total. The van der Waals surface area contributed by atoms with Crippen LogP contribution in [0.5, 0.6) is 0 Å². The molecule has 0 aliphatic carbocycles. The first-order valence-corrected chi connectivity index (χ1v) is 7.99. The minimum Gasteiger partial charge on any atom is -0.379 e.